The number of ketones is 1. The van der Waals surface area contributed by atoms with Crippen molar-refractivity contribution in [3.63, 3.8) is 0 Å². The second-order valence-corrected chi connectivity index (χ2v) is 5.40. The number of rotatable bonds is 4. The van der Waals surface area contributed by atoms with Crippen LogP contribution in [0, 0.1) is 0 Å². The molecule has 0 aliphatic heterocycles. The Hall–Kier alpha value is -1.12. The Labute approximate surface area is 120 Å². The molecule has 92 valence electrons. The summed E-state index contributed by atoms with van der Waals surface area (Å²) in [4.78, 5) is 12.0. The van der Waals surface area contributed by atoms with Gasteiger partial charge in [-0.3, -0.25) is 4.79 Å². The van der Waals surface area contributed by atoms with Crippen LogP contribution in [0.1, 0.15) is 20.7 Å². The summed E-state index contributed by atoms with van der Waals surface area (Å²) < 4.78 is 0. The number of halogens is 2. The van der Waals surface area contributed by atoms with Gasteiger partial charge in [-0.05, 0) is 5.56 Å². The molecule has 0 aromatic heterocycles. The van der Waals surface area contributed by atoms with Crippen molar-refractivity contribution >= 4 is 33.3 Å². The first-order valence-electron chi connectivity index (χ1n) is 5.62. The van der Waals surface area contributed by atoms with Gasteiger partial charge in [-0.2, -0.15) is 0 Å². The number of hydrogen-bond acceptors (Lipinski definition) is 1. The molecule has 0 amide bonds. The van der Waals surface area contributed by atoms with Gasteiger partial charge < -0.3 is 0 Å². The molecule has 0 aliphatic carbocycles. The van der Waals surface area contributed by atoms with Crippen LogP contribution in [0.5, 0.6) is 0 Å². The smallest absolute Gasteiger partial charge is 0.182 e. The number of carbonyl (C=O) groups excluding carboxylic acids is 1. The average Bonchev–Trinajstić information content (AvgIpc) is 2.47. The third-order valence-corrected chi connectivity index (χ3v) is 4.50. The van der Waals surface area contributed by atoms with E-state index >= 15 is 0 Å². The van der Waals surface area contributed by atoms with Gasteiger partial charge in [-0.15, -0.1) is 11.6 Å². The zero-order valence-corrected chi connectivity index (χ0v) is 11.9. The Bertz CT molecular complexity index is 513. The summed E-state index contributed by atoms with van der Waals surface area (Å²) in [6, 6.07) is 18.8. The predicted molar refractivity (Wildman–Crippen MR) is 78.5 cm³/mol. The molecule has 0 fully saturated rings. The van der Waals surface area contributed by atoms with Crippen LogP contribution in [0.4, 0.5) is 0 Å². The van der Waals surface area contributed by atoms with Gasteiger partial charge >= 0.3 is 0 Å². The van der Waals surface area contributed by atoms with Crippen LogP contribution < -0.4 is 0 Å². The Morgan fingerprint density at radius 1 is 0.944 bits per heavy atom. The van der Waals surface area contributed by atoms with E-state index in [9.17, 15) is 4.79 Å². The third kappa shape index (κ3) is 3.01. The van der Waals surface area contributed by atoms with Gasteiger partial charge in [0.05, 0.1) is 4.83 Å². The number of alkyl halides is 2. The highest BCUT2D eigenvalue weighted by molar-refractivity contribution is 9.09. The monoisotopic (exact) mass is 322 g/mol. The van der Waals surface area contributed by atoms with Crippen molar-refractivity contribution in [3.05, 3.63) is 71.8 Å². The summed E-state index contributed by atoms with van der Waals surface area (Å²) in [6.07, 6.45) is 0. The van der Waals surface area contributed by atoms with E-state index < -0.39 is 5.38 Å². The van der Waals surface area contributed by atoms with E-state index in [2.05, 4.69) is 15.9 Å². The largest absolute Gasteiger partial charge is 0.292 e. The van der Waals surface area contributed by atoms with Gasteiger partial charge in [-0.1, -0.05) is 76.6 Å². The molecule has 0 radical (unpaired) electrons. The van der Waals surface area contributed by atoms with Crippen LogP contribution in [0.25, 0.3) is 0 Å². The predicted octanol–water partition coefficient (Wildman–Crippen LogP) is 4.61. The fraction of sp³-hybridized carbons (Fsp3) is 0.133. The van der Waals surface area contributed by atoms with Crippen molar-refractivity contribution in [2.75, 3.05) is 0 Å². The highest BCUT2D eigenvalue weighted by Gasteiger charge is 2.26. The molecule has 1 nitrogen and oxygen atoms in total. The summed E-state index contributed by atoms with van der Waals surface area (Å²) in [7, 11) is 0. The summed E-state index contributed by atoms with van der Waals surface area (Å²) >= 11 is 9.75. The first kappa shape index (κ1) is 13.3. The number of hydrogen-bond donors (Lipinski definition) is 0. The van der Waals surface area contributed by atoms with Gasteiger partial charge in [-0.25, -0.2) is 0 Å². The lowest BCUT2D eigenvalue weighted by atomic mass is 10.0. The SMILES string of the molecule is O=C(c1ccccc1)[C@H](Cl)[C@@H](Br)c1ccccc1. The van der Waals surface area contributed by atoms with E-state index in [0.717, 1.165) is 5.56 Å². The van der Waals surface area contributed by atoms with Crippen molar-refractivity contribution in [1.82, 2.24) is 0 Å². The van der Waals surface area contributed by atoms with Gasteiger partial charge in [0.2, 0.25) is 0 Å². The Morgan fingerprint density at radius 3 is 2.00 bits per heavy atom. The quantitative estimate of drug-likeness (QED) is 0.593. The van der Waals surface area contributed by atoms with Crippen LogP contribution in [0.3, 0.4) is 0 Å². The zero-order chi connectivity index (χ0) is 13.0. The second kappa shape index (κ2) is 6.17. The summed E-state index contributed by atoms with van der Waals surface area (Å²) in [5.74, 6) is -0.0667. The molecule has 0 unspecified atom stereocenters. The number of carbonyl (C=O) groups is 1. The molecule has 2 aromatic rings. The van der Waals surface area contributed by atoms with Gasteiger partial charge in [0.25, 0.3) is 0 Å². The van der Waals surface area contributed by atoms with Crippen molar-refractivity contribution < 1.29 is 4.79 Å². The standard InChI is InChI=1S/C15H12BrClO/c16-13(11-7-3-1-4-8-11)14(17)15(18)12-9-5-2-6-10-12/h1-10,13-14H/t13-,14+/m0/s1. The number of Topliss-reactive ketones (excluding diaryl/α,β-unsaturated/α-hetero) is 1. The second-order valence-electron chi connectivity index (χ2n) is 3.94. The van der Waals surface area contributed by atoms with Crippen LogP contribution in [0.2, 0.25) is 0 Å². The maximum atomic E-state index is 12.2. The minimum absolute atomic E-state index is 0.0667. The van der Waals surface area contributed by atoms with Crippen LogP contribution in [-0.2, 0) is 0 Å². The van der Waals surface area contributed by atoms with E-state index in [-0.39, 0.29) is 10.6 Å². The van der Waals surface area contributed by atoms with Gasteiger partial charge in [0.15, 0.2) is 5.78 Å². The first-order chi connectivity index (χ1) is 8.70. The molecule has 0 N–H and O–H groups in total. The Balaban J connectivity index is 2.17. The highest BCUT2D eigenvalue weighted by Crippen LogP contribution is 2.31. The normalized spacial score (nSPS) is 13.9. The zero-order valence-electron chi connectivity index (χ0n) is 9.59. The Kier molecular flexibility index (Phi) is 4.56. The highest BCUT2D eigenvalue weighted by atomic mass is 79.9. The third-order valence-electron chi connectivity index (χ3n) is 2.68. The summed E-state index contributed by atoms with van der Waals surface area (Å²) in [5.41, 5.74) is 1.64. The number of benzene rings is 2. The van der Waals surface area contributed by atoms with E-state index in [4.69, 9.17) is 11.6 Å². The van der Waals surface area contributed by atoms with Crippen LogP contribution in [-0.4, -0.2) is 11.2 Å². The molecule has 2 rings (SSSR count). The molecule has 0 heterocycles. The lowest BCUT2D eigenvalue weighted by molar-refractivity contribution is 0.0986. The average molecular weight is 324 g/mol. The molecule has 0 aliphatic rings. The van der Waals surface area contributed by atoms with E-state index in [1.807, 2.05) is 48.5 Å². The van der Waals surface area contributed by atoms with Crippen molar-refractivity contribution in [3.8, 4) is 0 Å². The molecular formula is C15H12BrClO. The molecular weight excluding hydrogens is 312 g/mol. The Morgan fingerprint density at radius 2 is 1.44 bits per heavy atom. The topological polar surface area (TPSA) is 17.1 Å². The van der Waals surface area contributed by atoms with Gasteiger partial charge in [0, 0.05) is 5.56 Å². The lowest BCUT2D eigenvalue weighted by Gasteiger charge is -2.15. The van der Waals surface area contributed by atoms with E-state index in [0.29, 0.717) is 5.56 Å². The molecule has 2 atom stereocenters. The molecule has 0 saturated carbocycles. The molecule has 2 aromatic carbocycles. The van der Waals surface area contributed by atoms with E-state index in [1.54, 1.807) is 12.1 Å². The fourth-order valence-electron chi connectivity index (χ4n) is 1.70. The fourth-order valence-corrected chi connectivity index (χ4v) is 2.52. The van der Waals surface area contributed by atoms with Gasteiger partial charge in [0.1, 0.15) is 5.38 Å². The molecule has 0 saturated heterocycles. The molecule has 0 bridgehead atoms. The first-order valence-corrected chi connectivity index (χ1v) is 6.97. The minimum Gasteiger partial charge on any atom is -0.292 e. The van der Waals surface area contributed by atoms with Crippen molar-refractivity contribution in [2.24, 2.45) is 0 Å². The van der Waals surface area contributed by atoms with E-state index in [1.165, 1.54) is 0 Å². The molecule has 3 heteroatoms. The lowest BCUT2D eigenvalue weighted by Crippen LogP contribution is -2.19. The maximum absolute atomic E-state index is 12.2. The van der Waals surface area contributed by atoms with Crippen LogP contribution >= 0.6 is 27.5 Å². The summed E-state index contributed by atoms with van der Waals surface area (Å²) in [5, 5.41) is -0.616. The van der Waals surface area contributed by atoms with Crippen molar-refractivity contribution in [1.29, 1.82) is 0 Å². The van der Waals surface area contributed by atoms with Crippen molar-refractivity contribution in [2.45, 2.75) is 10.2 Å². The van der Waals surface area contributed by atoms with Crippen LogP contribution in [0.15, 0.2) is 60.7 Å². The molecule has 18 heavy (non-hydrogen) atoms. The maximum Gasteiger partial charge on any atom is 0.182 e. The summed E-state index contributed by atoms with van der Waals surface area (Å²) in [6.45, 7) is 0. The molecule has 0 spiro atoms. The minimum atomic E-state index is -0.616.